The van der Waals surface area contributed by atoms with Crippen LogP contribution in [0.25, 0.3) is 0 Å². The summed E-state index contributed by atoms with van der Waals surface area (Å²) >= 11 is 0. The Morgan fingerprint density at radius 3 is 2.91 bits per heavy atom. The van der Waals surface area contributed by atoms with Crippen molar-refractivity contribution in [3.8, 4) is 5.75 Å². The van der Waals surface area contributed by atoms with Crippen molar-refractivity contribution in [3.63, 3.8) is 0 Å². The number of methoxy groups -OCH3 is 1. The van der Waals surface area contributed by atoms with Crippen molar-refractivity contribution >= 4 is 5.91 Å². The van der Waals surface area contributed by atoms with Gasteiger partial charge < -0.3 is 15.2 Å². The quantitative estimate of drug-likeness (QED) is 0.834. The van der Waals surface area contributed by atoms with Crippen LogP contribution in [0.15, 0.2) is 36.7 Å². The van der Waals surface area contributed by atoms with E-state index in [0.717, 1.165) is 5.56 Å². The fourth-order valence-electron chi connectivity index (χ4n) is 2.10. The second kappa shape index (κ2) is 6.62. The number of hydrogen-bond acceptors (Lipinski definition) is 4. The lowest BCUT2D eigenvalue weighted by atomic mass is 9.99. The van der Waals surface area contributed by atoms with Crippen molar-refractivity contribution < 1.29 is 14.6 Å². The molecule has 1 amide bonds. The summed E-state index contributed by atoms with van der Waals surface area (Å²) in [5.41, 5.74) is 0.368. The second-order valence-electron chi connectivity index (χ2n) is 5.48. The molecule has 22 heavy (non-hydrogen) atoms. The van der Waals surface area contributed by atoms with Crippen molar-refractivity contribution in [1.29, 1.82) is 0 Å². The maximum absolute atomic E-state index is 12.0. The lowest BCUT2D eigenvalue weighted by Crippen LogP contribution is -2.39. The van der Waals surface area contributed by atoms with Crippen LogP contribution >= 0.6 is 0 Å². The number of aromatic nitrogens is 2. The van der Waals surface area contributed by atoms with Gasteiger partial charge in [-0.2, -0.15) is 5.10 Å². The first-order valence-electron chi connectivity index (χ1n) is 7.02. The molecule has 2 rings (SSSR count). The first-order valence-corrected chi connectivity index (χ1v) is 7.02. The topological polar surface area (TPSA) is 76.4 Å². The predicted octanol–water partition coefficient (Wildman–Crippen LogP) is 0.995. The van der Waals surface area contributed by atoms with E-state index < -0.39 is 5.60 Å². The number of carbonyl (C=O) groups is 1. The van der Waals surface area contributed by atoms with Gasteiger partial charge in [-0.1, -0.05) is 12.1 Å². The highest BCUT2D eigenvalue weighted by Gasteiger charge is 2.25. The lowest BCUT2D eigenvalue weighted by Gasteiger charge is -2.22. The first-order chi connectivity index (χ1) is 10.4. The van der Waals surface area contributed by atoms with Crippen LogP contribution in [-0.2, 0) is 23.9 Å². The molecule has 1 unspecified atom stereocenters. The average molecular weight is 303 g/mol. The van der Waals surface area contributed by atoms with E-state index in [1.54, 1.807) is 38.2 Å². The molecule has 0 aliphatic heterocycles. The maximum Gasteiger partial charge on any atom is 0.224 e. The molecule has 0 saturated carbocycles. The van der Waals surface area contributed by atoms with E-state index in [0.29, 0.717) is 11.3 Å². The van der Waals surface area contributed by atoms with Crippen molar-refractivity contribution in [3.05, 3.63) is 47.8 Å². The molecule has 0 saturated heterocycles. The van der Waals surface area contributed by atoms with Gasteiger partial charge in [-0.05, 0) is 24.6 Å². The Morgan fingerprint density at radius 1 is 1.50 bits per heavy atom. The van der Waals surface area contributed by atoms with Crippen LogP contribution in [0.1, 0.15) is 18.1 Å². The summed E-state index contributed by atoms with van der Waals surface area (Å²) in [5, 5.41) is 17.2. The third-order valence-corrected chi connectivity index (χ3v) is 3.46. The molecule has 0 fully saturated rings. The molecular weight excluding hydrogens is 282 g/mol. The zero-order valence-electron chi connectivity index (χ0n) is 13.0. The molecule has 6 nitrogen and oxygen atoms in total. The van der Waals surface area contributed by atoms with Crippen LogP contribution < -0.4 is 10.1 Å². The summed E-state index contributed by atoms with van der Waals surface area (Å²) in [6, 6.07) is 7.35. The maximum atomic E-state index is 12.0. The lowest BCUT2D eigenvalue weighted by molar-refractivity contribution is -0.121. The van der Waals surface area contributed by atoms with Crippen LogP contribution in [0.3, 0.4) is 0 Å². The standard InChI is InChI=1S/C16H21N3O3/c1-16(21,13-9-18-19(2)10-13)11-17-15(20)8-12-5-4-6-14(7-12)22-3/h4-7,9-10,21H,8,11H2,1-3H3,(H,17,20). The molecule has 0 aliphatic carbocycles. The fourth-order valence-corrected chi connectivity index (χ4v) is 2.10. The molecule has 0 bridgehead atoms. The van der Waals surface area contributed by atoms with E-state index in [9.17, 15) is 9.90 Å². The molecule has 2 N–H and O–H groups in total. The molecule has 2 aromatic rings. The number of rotatable bonds is 6. The van der Waals surface area contributed by atoms with E-state index in [2.05, 4.69) is 10.4 Å². The van der Waals surface area contributed by atoms with Gasteiger partial charge in [-0.3, -0.25) is 9.48 Å². The van der Waals surface area contributed by atoms with Crippen molar-refractivity contribution in [2.75, 3.05) is 13.7 Å². The summed E-state index contributed by atoms with van der Waals surface area (Å²) in [4.78, 5) is 12.0. The minimum atomic E-state index is -1.15. The van der Waals surface area contributed by atoms with Gasteiger partial charge in [0.05, 0.1) is 26.3 Å². The smallest absolute Gasteiger partial charge is 0.224 e. The number of ether oxygens (including phenoxy) is 1. The fraction of sp³-hybridized carbons (Fsp3) is 0.375. The van der Waals surface area contributed by atoms with E-state index in [-0.39, 0.29) is 18.9 Å². The van der Waals surface area contributed by atoms with Crippen LogP contribution in [0.5, 0.6) is 5.75 Å². The van der Waals surface area contributed by atoms with Gasteiger partial charge in [-0.15, -0.1) is 0 Å². The molecule has 6 heteroatoms. The zero-order valence-corrected chi connectivity index (χ0v) is 13.0. The van der Waals surface area contributed by atoms with Gasteiger partial charge >= 0.3 is 0 Å². The molecule has 0 aliphatic rings. The normalized spacial score (nSPS) is 13.5. The number of aliphatic hydroxyl groups is 1. The summed E-state index contributed by atoms with van der Waals surface area (Å²) in [7, 11) is 3.37. The van der Waals surface area contributed by atoms with Gasteiger partial charge in [0.25, 0.3) is 0 Å². The number of nitrogens with one attached hydrogen (secondary N) is 1. The number of nitrogens with zero attached hydrogens (tertiary/aromatic N) is 2. The number of carbonyl (C=O) groups excluding carboxylic acids is 1. The third-order valence-electron chi connectivity index (χ3n) is 3.46. The minimum absolute atomic E-state index is 0.126. The van der Waals surface area contributed by atoms with Gasteiger partial charge in [-0.25, -0.2) is 0 Å². The Bertz CT molecular complexity index is 650. The Morgan fingerprint density at radius 2 is 2.27 bits per heavy atom. The highest BCUT2D eigenvalue weighted by Crippen LogP contribution is 2.18. The molecule has 1 aromatic heterocycles. The highest BCUT2D eigenvalue weighted by atomic mass is 16.5. The van der Waals surface area contributed by atoms with Crippen LogP contribution in [-0.4, -0.2) is 34.4 Å². The number of benzene rings is 1. The van der Waals surface area contributed by atoms with E-state index in [1.807, 2.05) is 24.3 Å². The molecule has 1 aromatic carbocycles. The summed E-state index contributed by atoms with van der Waals surface area (Å²) < 4.78 is 6.74. The first kappa shape index (κ1) is 16.0. The monoisotopic (exact) mass is 303 g/mol. The molecule has 118 valence electrons. The third kappa shape index (κ3) is 4.08. The summed E-state index contributed by atoms with van der Waals surface area (Å²) in [5.74, 6) is 0.560. The van der Waals surface area contributed by atoms with E-state index in [1.165, 1.54) is 0 Å². The second-order valence-corrected chi connectivity index (χ2v) is 5.48. The van der Waals surface area contributed by atoms with E-state index in [4.69, 9.17) is 4.74 Å². The van der Waals surface area contributed by atoms with E-state index >= 15 is 0 Å². The van der Waals surface area contributed by atoms with Crippen LogP contribution in [0, 0.1) is 0 Å². The van der Waals surface area contributed by atoms with Crippen LogP contribution in [0.4, 0.5) is 0 Å². The Balaban J connectivity index is 1.92. The van der Waals surface area contributed by atoms with Gasteiger partial charge in [0.15, 0.2) is 0 Å². The largest absolute Gasteiger partial charge is 0.497 e. The predicted molar refractivity (Wildman–Crippen MR) is 82.5 cm³/mol. The van der Waals surface area contributed by atoms with Crippen molar-refractivity contribution in [2.45, 2.75) is 18.9 Å². The molecular formula is C16H21N3O3. The summed E-state index contributed by atoms with van der Waals surface area (Å²) in [6.07, 6.45) is 3.56. The number of hydrogen-bond donors (Lipinski definition) is 2. The molecule has 0 spiro atoms. The SMILES string of the molecule is COc1cccc(CC(=O)NCC(C)(O)c2cnn(C)c2)c1. The Labute approximate surface area is 129 Å². The van der Waals surface area contributed by atoms with Gasteiger partial charge in [0, 0.05) is 18.8 Å². The van der Waals surface area contributed by atoms with Crippen LogP contribution in [0.2, 0.25) is 0 Å². The molecule has 1 heterocycles. The number of amides is 1. The zero-order chi connectivity index (χ0) is 16.2. The molecule has 1 atom stereocenters. The van der Waals surface area contributed by atoms with Crippen molar-refractivity contribution in [2.24, 2.45) is 7.05 Å². The van der Waals surface area contributed by atoms with Gasteiger partial charge in [0.2, 0.25) is 5.91 Å². The minimum Gasteiger partial charge on any atom is -0.497 e. The van der Waals surface area contributed by atoms with Crippen molar-refractivity contribution in [1.82, 2.24) is 15.1 Å². The highest BCUT2D eigenvalue weighted by molar-refractivity contribution is 5.78. The average Bonchev–Trinajstić information content (AvgIpc) is 2.93. The number of aryl methyl sites for hydroxylation is 1. The molecule has 0 radical (unpaired) electrons. The van der Waals surface area contributed by atoms with Gasteiger partial charge in [0.1, 0.15) is 11.4 Å². The Kier molecular flexibility index (Phi) is 4.82. The summed E-state index contributed by atoms with van der Waals surface area (Å²) in [6.45, 7) is 1.78. The Hall–Kier alpha value is -2.34.